The van der Waals surface area contributed by atoms with Gasteiger partial charge in [0.2, 0.25) is 14.8 Å². The van der Waals surface area contributed by atoms with E-state index in [1.54, 1.807) is 12.1 Å². The van der Waals surface area contributed by atoms with Gasteiger partial charge in [0, 0.05) is 5.92 Å². The molecule has 5 atom stereocenters. The number of ether oxygens (including phenoxy) is 3. The molecule has 3 aromatic carbocycles. The van der Waals surface area contributed by atoms with Crippen molar-refractivity contribution in [3.05, 3.63) is 91.0 Å². The van der Waals surface area contributed by atoms with E-state index in [0.717, 1.165) is 29.6 Å². The predicted molar refractivity (Wildman–Crippen MR) is 178 cm³/mol. The highest BCUT2D eigenvalue weighted by Gasteiger charge is 2.63. The Labute approximate surface area is 268 Å². The topological polar surface area (TPSA) is 94.5 Å². The van der Waals surface area contributed by atoms with Crippen LogP contribution < -0.4 is 24.6 Å². The molecule has 0 radical (unpaired) electrons. The average molecular weight is 631 g/mol. The molecule has 1 saturated carbocycles. The molecule has 3 aromatic rings. The molecule has 0 amide bonds. The minimum absolute atomic E-state index is 0.0424. The number of para-hydroxylation sites is 1. The van der Waals surface area contributed by atoms with Gasteiger partial charge in [0.05, 0.1) is 6.10 Å². The van der Waals surface area contributed by atoms with E-state index in [4.69, 9.17) is 18.6 Å². The third kappa shape index (κ3) is 7.46. The van der Waals surface area contributed by atoms with Crippen molar-refractivity contribution in [2.24, 2.45) is 11.3 Å². The fourth-order valence-corrected chi connectivity index (χ4v) is 9.32. The summed E-state index contributed by atoms with van der Waals surface area (Å²) in [6.07, 6.45) is 6.88. The summed E-state index contributed by atoms with van der Waals surface area (Å²) >= 11 is 0. The second-order valence-electron chi connectivity index (χ2n) is 13.2. The number of carbonyl (C=O) groups is 1. The van der Waals surface area contributed by atoms with Gasteiger partial charge >= 0.3 is 5.97 Å². The van der Waals surface area contributed by atoms with Crippen LogP contribution in [0.25, 0.3) is 0 Å². The predicted octanol–water partition coefficient (Wildman–Crippen LogP) is 5.52. The Bertz CT molecular complexity index is 1400. The number of aliphatic carboxylic acids is 1. The van der Waals surface area contributed by atoms with Gasteiger partial charge < -0.3 is 28.8 Å². The average Bonchev–Trinajstić information content (AvgIpc) is 3.35. The van der Waals surface area contributed by atoms with Crippen LogP contribution in [0.4, 0.5) is 0 Å². The summed E-state index contributed by atoms with van der Waals surface area (Å²) in [5.74, 6) is 0.118. The van der Waals surface area contributed by atoms with Crippen LogP contribution in [0.5, 0.6) is 17.2 Å². The fraction of sp³-hybridized carbons (Fsp3) is 0.432. The SMILES string of the molecule is CCCCC[C@@H](O)C=C[C@]1(O[SiH](c2ccccc2)c2ccccc2)[C@@H]2Oc3cccc(OCC(=O)O)c3O[C@H]2C[C@@H]1C(C)(C)C. The standard InChI is InChI=1S/C37H46O7Si/c1-5-6-9-15-26(38)22-23-37(44-45(27-16-10-7-11-17-27)28-18-12-8-13-19-28)32(36(2,3)4)24-31-35(37)43-30-21-14-20-29(34(30)42-31)41-25-33(39)40/h7-8,10-14,16-23,26,31-32,35,38,45H,5-6,9,15,24-25H2,1-4H3,(H,39,40)/t26-,31+,32-,35-,37-/m1/s1. The number of benzene rings is 3. The first-order valence-electron chi connectivity index (χ1n) is 16.1. The molecular weight excluding hydrogens is 584 g/mol. The summed E-state index contributed by atoms with van der Waals surface area (Å²) < 4.78 is 26.7. The molecule has 45 heavy (non-hydrogen) atoms. The Balaban J connectivity index is 1.62. The van der Waals surface area contributed by atoms with E-state index in [1.807, 2.05) is 24.3 Å². The van der Waals surface area contributed by atoms with E-state index >= 15 is 0 Å². The number of carboxylic acids is 1. The van der Waals surface area contributed by atoms with Crippen molar-refractivity contribution in [1.82, 2.24) is 0 Å². The maximum absolute atomic E-state index is 11.3. The number of hydrogen-bond donors (Lipinski definition) is 2. The molecule has 1 heterocycles. The van der Waals surface area contributed by atoms with Gasteiger partial charge in [-0.2, -0.15) is 0 Å². The van der Waals surface area contributed by atoms with Crippen molar-refractivity contribution in [2.75, 3.05) is 6.61 Å². The molecule has 240 valence electrons. The maximum Gasteiger partial charge on any atom is 0.341 e. The van der Waals surface area contributed by atoms with Crippen LogP contribution >= 0.6 is 0 Å². The zero-order chi connectivity index (χ0) is 32.0. The molecule has 8 heteroatoms. The Morgan fingerprint density at radius 1 is 1.00 bits per heavy atom. The lowest BCUT2D eigenvalue weighted by Gasteiger charge is -2.46. The quantitative estimate of drug-likeness (QED) is 0.146. The molecule has 0 aromatic heterocycles. The summed E-state index contributed by atoms with van der Waals surface area (Å²) in [4.78, 5) is 11.3. The second kappa shape index (κ2) is 14.2. The van der Waals surface area contributed by atoms with E-state index in [0.29, 0.717) is 30.1 Å². The van der Waals surface area contributed by atoms with Crippen LogP contribution in [-0.4, -0.2) is 55.7 Å². The molecule has 2 aliphatic rings. The lowest BCUT2D eigenvalue weighted by Crippen LogP contribution is -2.60. The number of rotatable bonds is 13. The van der Waals surface area contributed by atoms with Crippen LogP contribution in [0.3, 0.4) is 0 Å². The van der Waals surface area contributed by atoms with Crippen molar-refractivity contribution < 1.29 is 33.6 Å². The van der Waals surface area contributed by atoms with Crippen molar-refractivity contribution in [3.8, 4) is 17.2 Å². The first-order valence-corrected chi connectivity index (χ1v) is 17.7. The number of hydrogen-bond acceptors (Lipinski definition) is 6. The number of aliphatic hydroxyl groups is 1. The maximum atomic E-state index is 11.3. The van der Waals surface area contributed by atoms with Gasteiger partial charge in [-0.05, 0) is 40.8 Å². The highest BCUT2D eigenvalue weighted by molar-refractivity contribution is 6.80. The molecule has 1 aliphatic carbocycles. The molecular formula is C37H46O7Si. The normalized spacial score (nSPS) is 23.2. The largest absolute Gasteiger partial charge is 0.479 e. The van der Waals surface area contributed by atoms with Crippen LogP contribution in [-0.2, 0) is 9.22 Å². The van der Waals surface area contributed by atoms with Crippen molar-refractivity contribution in [3.63, 3.8) is 0 Å². The lowest BCUT2D eigenvalue weighted by atomic mass is 9.71. The molecule has 0 spiro atoms. The van der Waals surface area contributed by atoms with Crippen LogP contribution in [0, 0.1) is 11.3 Å². The third-order valence-corrected chi connectivity index (χ3v) is 11.5. The summed E-state index contributed by atoms with van der Waals surface area (Å²) in [5, 5.41) is 22.7. The highest BCUT2D eigenvalue weighted by Crippen LogP contribution is 2.55. The summed E-state index contributed by atoms with van der Waals surface area (Å²) in [5.41, 5.74) is -1.16. The molecule has 0 saturated heterocycles. The van der Waals surface area contributed by atoms with Crippen molar-refractivity contribution in [1.29, 1.82) is 0 Å². The first kappa shape index (κ1) is 32.8. The molecule has 1 fully saturated rings. The van der Waals surface area contributed by atoms with Crippen LogP contribution in [0.1, 0.15) is 59.8 Å². The molecule has 5 rings (SSSR count). The van der Waals surface area contributed by atoms with Crippen molar-refractivity contribution in [2.45, 2.75) is 83.7 Å². The van der Waals surface area contributed by atoms with E-state index in [9.17, 15) is 15.0 Å². The van der Waals surface area contributed by atoms with Gasteiger partial charge in [0.25, 0.3) is 0 Å². The summed E-state index contributed by atoms with van der Waals surface area (Å²) in [7, 11) is -2.32. The Kier molecular flexibility index (Phi) is 10.4. The molecule has 1 aliphatic heterocycles. The zero-order valence-corrected chi connectivity index (χ0v) is 27.9. The number of aliphatic hydroxyl groups excluding tert-OH is 1. The highest BCUT2D eigenvalue weighted by atomic mass is 28.3. The number of unbranched alkanes of at least 4 members (excludes halogenated alkanes) is 2. The molecule has 2 N–H and O–H groups in total. The van der Waals surface area contributed by atoms with E-state index in [1.165, 1.54) is 0 Å². The molecule has 0 bridgehead atoms. The van der Waals surface area contributed by atoms with E-state index < -0.39 is 39.4 Å². The minimum atomic E-state index is -2.32. The van der Waals surface area contributed by atoms with Gasteiger partial charge in [0.15, 0.2) is 24.2 Å². The smallest absolute Gasteiger partial charge is 0.341 e. The van der Waals surface area contributed by atoms with Gasteiger partial charge in [-0.1, -0.05) is 126 Å². The summed E-state index contributed by atoms with van der Waals surface area (Å²) in [6, 6.07) is 26.1. The van der Waals surface area contributed by atoms with Gasteiger partial charge in [-0.25, -0.2) is 4.79 Å². The molecule has 0 unspecified atom stereocenters. The van der Waals surface area contributed by atoms with Gasteiger partial charge in [-0.3, -0.25) is 0 Å². The lowest BCUT2D eigenvalue weighted by molar-refractivity contribution is -0.139. The fourth-order valence-electron chi connectivity index (χ4n) is 6.73. The Hall–Kier alpha value is -3.59. The number of fused-ring (bicyclic) bond motifs is 2. The van der Waals surface area contributed by atoms with Crippen LogP contribution in [0.2, 0.25) is 0 Å². The van der Waals surface area contributed by atoms with Gasteiger partial charge in [-0.15, -0.1) is 0 Å². The van der Waals surface area contributed by atoms with Gasteiger partial charge in [0.1, 0.15) is 11.7 Å². The second-order valence-corrected chi connectivity index (χ2v) is 15.5. The first-order chi connectivity index (χ1) is 21.6. The Morgan fingerprint density at radius 2 is 1.67 bits per heavy atom. The van der Waals surface area contributed by atoms with Crippen molar-refractivity contribution >= 4 is 25.4 Å². The minimum Gasteiger partial charge on any atom is -0.479 e. The van der Waals surface area contributed by atoms with Crippen LogP contribution in [0.15, 0.2) is 91.0 Å². The van der Waals surface area contributed by atoms with E-state index in [2.05, 4.69) is 82.3 Å². The zero-order valence-electron chi connectivity index (χ0n) is 26.7. The Morgan fingerprint density at radius 3 is 2.27 bits per heavy atom. The number of carboxylic acid groups (broad SMARTS) is 1. The monoisotopic (exact) mass is 630 g/mol. The third-order valence-electron chi connectivity index (χ3n) is 8.87. The molecule has 7 nitrogen and oxygen atoms in total. The van der Waals surface area contributed by atoms with E-state index in [-0.39, 0.29) is 17.4 Å². The summed E-state index contributed by atoms with van der Waals surface area (Å²) in [6.45, 7) is 8.33.